The van der Waals surface area contributed by atoms with Gasteiger partial charge in [0.25, 0.3) is 0 Å². The van der Waals surface area contributed by atoms with Crippen LogP contribution in [-0.2, 0) is 6.18 Å². The summed E-state index contributed by atoms with van der Waals surface area (Å²) in [5, 5.41) is 13.8. The number of hydrogen-bond donors (Lipinski definition) is 3. The van der Waals surface area contributed by atoms with E-state index in [0.717, 1.165) is 18.2 Å². The number of alkyl halides is 3. The van der Waals surface area contributed by atoms with E-state index in [4.69, 9.17) is 5.73 Å². The molecule has 0 radical (unpaired) electrons. The first-order valence-corrected chi connectivity index (χ1v) is 7.92. The van der Waals surface area contributed by atoms with Gasteiger partial charge in [-0.25, -0.2) is 9.97 Å². The average Bonchev–Trinajstić information content (AvgIpc) is 2.58. The fraction of sp³-hybridized carbons (Fsp3) is 0.222. The van der Waals surface area contributed by atoms with Gasteiger partial charge < -0.3 is 16.2 Å². The number of phenolic OH excluding ortho intramolecular Hbond substituents is 1. The molecule has 8 heteroatoms. The molecule has 1 atom stereocenters. The highest BCUT2D eigenvalue weighted by Crippen LogP contribution is 2.36. The molecule has 3 rings (SSSR count). The summed E-state index contributed by atoms with van der Waals surface area (Å²) in [6.45, 7) is 2.24. The second-order valence-corrected chi connectivity index (χ2v) is 6.00. The van der Waals surface area contributed by atoms with Crippen molar-refractivity contribution in [3.05, 3.63) is 48.0 Å². The molecule has 136 valence electrons. The monoisotopic (exact) mass is 362 g/mol. The standard InChI is InChI=1S/C18H17F3N4O/c1-10(22)9-23-16-12-4-2-3-5-14(12)24-17(25-16)13-8-11(18(19,20)21)6-7-15(13)26/h2-8,10,26H,9,22H2,1H3,(H,23,24,25)/t10-/m1/s1. The van der Waals surface area contributed by atoms with E-state index in [1.807, 2.05) is 13.0 Å². The van der Waals surface area contributed by atoms with Crippen LogP contribution >= 0.6 is 0 Å². The molecule has 0 spiro atoms. The minimum Gasteiger partial charge on any atom is -0.507 e. The first-order chi connectivity index (χ1) is 12.3. The molecule has 0 bridgehead atoms. The second-order valence-electron chi connectivity index (χ2n) is 6.00. The fourth-order valence-corrected chi connectivity index (χ4v) is 2.48. The van der Waals surface area contributed by atoms with Crippen LogP contribution in [0.4, 0.5) is 19.0 Å². The van der Waals surface area contributed by atoms with Gasteiger partial charge in [-0.1, -0.05) is 12.1 Å². The number of nitrogens with two attached hydrogens (primary N) is 1. The van der Waals surface area contributed by atoms with Crippen molar-refractivity contribution in [2.75, 3.05) is 11.9 Å². The van der Waals surface area contributed by atoms with Crippen molar-refractivity contribution in [3.8, 4) is 17.1 Å². The van der Waals surface area contributed by atoms with Gasteiger partial charge in [0.15, 0.2) is 5.82 Å². The van der Waals surface area contributed by atoms with Crippen molar-refractivity contribution in [2.24, 2.45) is 5.73 Å². The summed E-state index contributed by atoms with van der Waals surface area (Å²) < 4.78 is 39.0. The number of phenols is 1. The Hall–Kier alpha value is -2.87. The first kappa shape index (κ1) is 17.9. The van der Waals surface area contributed by atoms with Crippen LogP contribution in [0.25, 0.3) is 22.3 Å². The number of rotatable bonds is 4. The number of para-hydroxylation sites is 1. The van der Waals surface area contributed by atoms with Gasteiger partial charge in [-0.05, 0) is 37.3 Å². The summed E-state index contributed by atoms with van der Waals surface area (Å²) in [6.07, 6.45) is -4.53. The van der Waals surface area contributed by atoms with Gasteiger partial charge in [0, 0.05) is 18.0 Å². The quantitative estimate of drug-likeness (QED) is 0.658. The third-order valence-electron chi connectivity index (χ3n) is 3.76. The molecule has 0 saturated heterocycles. The van der Waals surface area contributed by atoms with Crippen molar-refractivity contribution < 1.29 is 18.3 Å². The predicted octanol–water partition coefficient (Wildman–Crippen LogP) is 3.78. The molecule has 2 aromatic carbocycles. The zero-order valence-corrected chi connectivity index (χ0v) is 13.9. The SMILES string of the molecule is C[C@@H](N)CNc1nc(-c2cc(C(F)(F)F)ccc2O)nc2ccccc12. The van der Waals surface area contributed by atoms with E-state index in [9.17, 15) is 18.3 Å². The predicted molar refractivity (Wildman–Crippen MR) is 93.8 cm³/mol. The molecule has 3 aromatic rings. The van der Waals surface area contributed by atoms with Crippen LogP contribution in [0, 0.1) is 0 Å². The van der Waals surface area contributed by atoms with Crippen molar-refractivity contribution >= 4 is 16.7 Å². The van der Waals surface area contributed by atoms with E-state index in [0.29, 0.717) is 23.3 Å². The van der Waals surface area contributed by atoms with E-state index < -0.39 is 11.7 Å². The van der Waals surface area contributed by atoms with Crippen LogP contribution in [0.3, 0.4) is 0 Å². The summed E-state index contributed by atoms with van der Waals surface area (Å²) in [7, 11) is 0. The maximum Gasteiger partial charge on any atom is 0.416 e. The van der Waals surface area contributed by atoms with Crippen molar-refractivity contribution in [1.29, 1.82) is 0 Å². The Balaban J connectivity index is 2.16. The van der Waals surface area contributed by atoms with Crippen LogP contribution in [0.1, 0.15) is 12.5 Å². The van der Waals surface area contributed by atoms with Crippen LogP contribution in [-0.4, -0.2) is 27.7 Å². The van der Waals surface area contributed by atoms with Crippen LogP contribution < -0.4 is 11.1 Å². The lowest BCUT2D eigenvalue weighted by molar-refractivity contribution is -0.137. The molecule has 0 aliphatic rings. The maximum absolute atomic E-state index is 13.0. The molecule has 1 heterocycles. The zero-order chi connectivity index (χ0) is 18.9. The molecule has 0 amide bonds. The van der Waals surface area contributed by atoms with Gasteiger partial charge in [-0.3, -0.25) is 0 Å². The Bertz CT molecular complexity index is 941. The molecular weight excluding hydrogens is 345 g/mol. The Kier molecular flexibility index (Phi) is 4.69. The normalized spacial score (nSPS) is 13.0. The lowest BCUT2D eigenvalue weighted by atomic mass is 10.1. The number of aromatic nitrogens is 2. The number of fused-ring (bicyclic) bond motifs is 1. The number of nitrogens with one attached hydrogen (secondary N) is 1. The number of nitrogens with zero attached hydrogens (tertiary/aromatic N) is 2. The van der Waals surface area contributed by atoms with E-state index in [1.54, 1.807) is 18.2 Å². The number of anilines is 1. The smallest absolute Gasteiger partial charge is 0.416 e. The first-order valence-electron chi connectivity index (χ1n) is 7.92. The van der Waals surface area contributed by atoms with E-state index >= 15 is 0 Å². The van der Waals surface area contributed by atoms with E-state index in [-0.39, 0.29) is 23.2 Å². The summed E-state index contributed by atoms with van der Waals surface area (Å²) >= 11 is 0. The Labute approximate surface area is 147 Å². The maximum atomic E-state index is 13.0. The van der Waals surface area contributed by atoms with Gasteiger partial charge in [0.2, 0.25) is 0 Å². The van der Waals surface area contributed by atoms with Crippen LogP contribution in [0.5, 0.6) is 5.75 Å². The minimum absolute atomic E-state index is 0.000487. The summed E-state index contributed by atoms with van der Waals surface area (Å²) in [5.41, 5.74) is 5.33. The van der Waals surface area contributed by atoms with E-state index in [2.05, 4.69) is 15.3 Å². The van der Waals surface area contributed by atoms with Gasteiger partial charge in [0.1, 0.15) is 11.6 Å². The van der Waals surface area contributed by atoms with Crippen molar-refractivity contribution in [2.45, 2.75) is 19.1 Å². The molecule has 0 saturated carbocycles. The Morgan fingerprint density at radius 2 is 1.88 bits per heavy atom. The highest BCUT2D eigenvalue weighted by Gasteiger charge is 2.31. The number of aromatic hydroxyl groups is 1. The number of benzene rings is 2. The average molecular weight is 362 g/mol. The Morgan fingerprint density at radius 1 is 1.15 bits per heavy atom. The van der Waals surface area contributed by atoms with Gasteiger partial charge in [-0.2, -0.15) is 13.2 Å². The van der Waals surface area contributed by atoms with Gasteiger partial charge in [0.05, 0.1) is 16.6 Å². The molecule has 0 fully saturated rings. The molecule has 0 aliphatic carbocycles. The third-order valence-corrected chi connectivity index (χ3v) is 3.76. The fourth-order valence-electron chi connectivity index (χ4n) is 2.48. The topological polar surface area (TPSA) is 84.1 Å². The van der Waals surface area contributed by atoms with Crippen LogP contribution in [0.2, 0.25) is 0 Å². The third kappa shape index (κ3) is 3.70. The lowest BCUT2D eigenvalue weighted by Gasteiger charge is -2.14. The number of halogens is 3. The van der Waals surface area contributed by atoms with Gasteiger partial charge >= 0.3 is 6.18 Å². The molecule has 26 heavy (non-hydrogen) atoms. The molecular formula is C18H17F3N4O. The second kappa shape index (κ2) is 6.80. The molecule has 4 N–H and O–H groups in total. The van der Waals surface area contributed by atoms with Gasteiger partial charge in [-0.15, -0.1) is 0 Å². The minimum atomic E-state index is -4.53. The highest BCUT2D eigenvalue weighted by molar-refractivity contribution is 5.91. The summed E-state index contributed by atoms with van der Waals surface area (Å²) in [6, 6.07) is 9.60. The molecule has 0 unspecified atom stereocenters. The molecule has 0 aliphatic heterocycles. The van der Waals surface area contributed by atoms with E-state index in [1.165, 1.54) is 0 Å². The lowest BCUT2D eigenvalue weighted by Crippen LogP contribution is -2.25. The Morgan fingerprint density at radius 3 is 2.58 bits per heavy atom. The van der Waals surface area contributed by atoms with Crippen molar-refractivity contribution in [1.82, 2.24) is 9.97 Å². The van der Waals surface area contributed by atoms with Crippen molar-refractivity contribution in [3.63, 3.8) is 0 Å². The summed E-state index contributed by atoms with van der Waals surface area (Å²) in [5.74, 6) is 0.116. The zero-order valence-electron chi connectivity index (χ0n) is 13.9. The highest BCUT2D eigenvalue weighted by atomic mass is 19.4. The largest absolute Gasteiger partial charge is 0.507 e. The molecule has 1 aromatic heterocycles. The summed E-state index contributed by atoms with van der Waals surface area (Å²) in [4.78, 5) is 8.63. The van der Waals surface area contributed by atoms with Crippen LogP contribution in [0.15, 0.2) is 42.5 Å². The number of hydrogen-bond acceptors (Lipinski definition) is 5. The molecule has 5 nitrogen and oxygen atoms in total.